The SMILES string of the molecule is [2H]c1c([2H])c([2H])c(-c2nc(-c3ccccc3)nc(-c3ccc4c(c3)oc3c(-n5c6ccccc6c6ccc7c8ccccc8oc7c65)cccc34)n2)c([2H])c1[2H]. The molecule has 238 valence electrons. The summed E-state index contributed by atoms with van der Waals surface area (Å²) in [4.78, 5) is 14.2. The molecule has 11 rings (SSSR count). The Hall–Kier alpha value is -7.05. The predicted molar refractivity (Wildman–Crippen MR) is 205 cm³/mol. The smallest absolute Gasteiger partial charge is 0.164 e. The zero-order valence-corrected chi connectivity index (χ0v) is 26.7. The Morgan fingerprint density at radius 2 is 1.08 bits per heavy atom. The first-order chi connectivity index (χ1) is 27.4. The number of nitrogens with zero attached hydrogens (tertiary/aromatic N) is 4. The van der Waals surface area contributed by atoms with Crippen molar-refractivity contribution in [2.45, 2.75) is 0 Å². The monoisotopic (exact) mass is 659 g/mol. The highest BCUT2D eigenvalue weighted by Crippen LogP contribution is 2.43. The molecule has 51 heavy (non-hydrogen) atoms. The summed E-state index contributed by atoms with van der Waals surface area (Å²) in [5.74, 6) is 0.534. The Balaban J connectivity index is 1.14. The first-order valence-corrected chi connectivity index (χ1v) is 16.5. The molecule has 0 atom stereocenters. The van der Waals surface area contributed by atoms with E-state index in [1.165, 1.54) is 0 Å². The van der Waals surface area contributed by atoms with Crippen molar-refractivity contribution in [3.63, 3.8) is 0 Å². The number of benzene rings is 7. The fourth-order valence-corrected chi connectivity index (χ4v) is 7.27. The minimum atomic E-state index is -0.487. The summed E-state index contributed by atoms with van der Waals surface area (Å²) in [6.45, 7) is 0. The molecule has 0 N–H and O–H groups in total. The Kier molecular flexibility index (Phi) is 4.91. The molecule has 7 aromatic carbocycles. The van der Waals surface area contributed by atoms with Gasteiger partial charge in [0.15, 0.2) is 28.6 Å². The van der Waals surface area contributed by atoms with Crippen LogP contribution in [0.4, 0.5) is 0 Å². The number of aromatic nitrogens is 4. The molecule has 0 spiro atoms. The maximum Gasteiger partial charge on any atom is 0.164 e. The van der Waals surface area contributed by atoms with Crippen molar-refractivity contribution in [3.8, 4) is 39.9 Å². The van der Waals surface area contributed by atoms with Crippen LogP contribution in [-0.2, 0) is 0 Å². The normalized spacial score (nSPS) is 13.3. The Morgan fingerprint density at radius 1 is 0.451 bits per heavy atom. The molecule has 0 saturated heterocycles. The second-order valence-corrected chi connectivity index (χ2v) is 12.4. The molecule has 0 saturated carbocycles. The fraction of sp³-hybridized carbons (Fsp3) is 0. The lowest BCUT2D eigenvalue weighted by Gasteiger charge is -2.08. The van der Waals surface area contributed by atoms with E-state index in [2.05, 4.69) is 45.9 Å². The van der Waals surface area contributed by atoms with Gasteiger partial charge in [0.25, 0.3) is 0 Å². The van der Waals surface area contributed by atoms with Crippen LogP contribution in [0.3, 0.4) is 0 Å². The van der Waals surface area contributed by atoms with Gasteiger partial charge in [0.2, 0.25) is 0 Å². The van der Waals surface area contributed by atoms with Crippen LogP contribution in [0.2, 0.25) is 0 Å². The van der Waals surface area contributed by atoms with E-state index in [0.29, 0.717) is 28.1 Å². The molecular formula is C45H26N4O2. The lowest BCUT2D eigenvalue weighted by molar-refractivity contribution is 0.665. The van der Waals surface area contributed by atoms with Crippen LogP contribution in [0, 0.1) is 0 Å². The molecule has 0 fully saturated rings. The van der Waals surface area contributed by atoms with Gasteiger partial charge in [-0.3, -0.25) is 0 Å². The standard InChI is InChI=1S/C45H26N4O2/c1-3-12-27(13-4-1)43-46-44(28-14-5-2-6-15-28)48-45(47-43)29-22-23-32-34-18-11-20-37(41(34)51-39(32)26-29)49-36-19-9-7-16-30(36)33-24-25-35-31-17-8-10-21-38(31)50-42(35)40(33)49/h1-26H/i1D,3D,4D,12D,13D. The largest absolute Gasteiger partial charge is 0.454 e. The van der Waals surface area contributed by atoms with E-state index in [4.69, 9.17) is 25.7 Å². The van der Waals surface area contributed by atoms with E-state index >= 15 is 0 Å². The summed E-state index contributed by atoms with van der Waals surface area (Å²) in [5.41, 5.74) is 6.93. The highest BCUT2D eigenvalue weighted by Gasteiger charge is 2.22. The molecule has 0 unspecified atom stereocenters. The van der Waals surface area contributed by atoms with Gasteiger partial charge in [-0.15, -0.1) is 0 Å². The number of hydrogen-bond acceptors (Lipinski definition) is 5. The van der Waals surface area contributed by atoms with Crippen molar-refractivity contribution in [3.05, 3.63) is 158 Å². The van der Waals surface area contributed by atoms with Gasteiger partial charge in [-0.05, 0) is 36.4 Å². The highest BCUT2D eigenvalue weighted by molar-refractivity contribution is 6.22. The molecule has 0 aliphatic rings. The van der Waals surface area contributed by atoms with E-state index in [-0.39, 0.29) is 17.2 Å². The molecule has 6 nitrogen and oxygen atoms in total. The van der Waals surface area contributed by atoms with Gasteiger partial charge in [0, 0.05) is 49.0 Å². The lowest BCUT2D eigenvalue weighted by atomic mass is 10.1. The highest BCUT2D eigenvalue weighted by atomic mass is 16.3. The van der Waals surface area contributed by atoms with Crippen LogP contribution in [0.1, 0.15) is 6.85 Å². The number of fused-ring (bicyclic) bond motifs is 10. The molecule has 4 heterocycles. The zero-order valence-electron chi connectivity index (χ0n) is 31.7. The van der Waals surface area contributed by atoms with Crippen molar-refractivity contribution < 1.29 is 15.7 Å². The molecule has 0 aliphatic heterocycles. The molecule has 11 aromatic rings. The number of para-hydroxylation sites is 3. The second-order valence-electron chi connectivity index (χ2n) is 12.4. The van der Waals surface area contributed by atoms with Gasteiger partial charge in [-0.1, -0.05) is 121 Å². The fourth-order valence-electron chi connectivity index (χ4n) is 7.27. The van der Waals surface area contributed by atoms with Crippen LogP contribution >= 0.6 is 0 Å². The van der Waals surface area contributed by atoms with Crippen molar-refractivity contribution in [1.82, 2.24) is 19.5 Å². The van der Waals surface area contributed by atoms with Gasteiger partial charge in [-0.25, -0.2) is 15.0 Å². The molecule has 4 aromatic heterocycles. The Bertz CT molecular complexity index is 3420. The topological polar surface area (TPSA) is 69.9 Å². The van der Waals surface area contributed by atoms with Crippen molar-refractivity contribution in [1.29, 1.82) is 0 Å². The van der Waals surface area contributed by atoms with E-state index in [1.807, 2.05) is 91.0 Å². The Morgan fingerprint density at radius 3 is 1.94 bits per heavy atom. The molecule has 6 heteroatoms. The van der Waals surface area contributed by atoms with Gasteiger partial charge in [-0.2, -0.15) is 0 Å². The number of furan rings is 2. The first-order valence-electron chi connectivity index (χ1n) is 19.0. The van der Waals surface area contributed by atoms with Gasteiger partial charge < -0.3 is 13.4 Å². The predicted octanol–water partition coefficient (Wildman–Crippen LogP) is 11.8. The zero-order chi connectivity index (χ0) is 37.8. The van der Waals surface area contributed by atoms with Crippen LogP contribution < -0.4 is 0 Å². The van der Waals surface area contributed by atoms with Crippen molar-refractivity contribution >= 4 is 65.7 Å². The average Bonchev–Trinajstić information content (AvgIpc) is 3.92. The molecule has 0 radical (unpaired) electrons. The third-order valence-corrected chi connectivity index (χ3v) is 9.55. The Labute approximate surface area is 297 Å². The molecule has 0 bridgehead atoms. The van der Waals surface area contributed by atoms with Crippen LogP contribution in [0.15, 0.2) is 166 Å². The maximum absolute atomic E-state index is 8.65. The third kappa shape index (κ3) is 4.20. The van der Waals surface area contributed by atoms with E-state index in [0.717, 1.165) is 60.2 Å². The van der Waals surface area contributed by atoms with Gasteiger partial charge >= 0.3 is 0 Å². The third-order valence-electron chi connectivity index (χ3n) is 9.55. The summed E-state index contributed by atoms with van der Waals surface area (Å²) in [6.07, 6.45) is 0. The summed E-state index contributed by atoms with van der Waals surface area (Å²) in [6, 6.07) is 39.7. The minimum Gasteiger partial charge on any atom is -0.454 e. The lowest BCUT2D eigenvalue weighted by Crippen LogP contribution is -2.00. The average molecular weight is 660 g/mol. The van der Waals surface area contributed by atoms with Crippen LogP contribution in [-0.4, -0.2) is 19.5 Å². The summed E-state index contributed by atoms with van der Waals surface area (Å²) in [5, 5.41) is 6.07. The maximum atomic E-state index is 8.65. The van der Waals surface area contributed by atoms with Crippen LogP contribution in [0.25, 0.3) is 106 Å². The quantitative estimate of drug-likeness (QED) is 0.188. The van der Waals surface area contributed by atoms with Crippen LogP contribution in [0.5, 0.6) is 0 Å². The van der Waals surface area contributed by atoms with Gasteiger partial charge in [0.1, 0.15) is 11.2 Å². The van der Waals surface area contributed by atoms with E-state index in [9.17, 15) is 0 Å². The van der Waals surface area contributed by atoms with Gasteiger partial charge in [0.05, 0.1) is 23.6 Å². The van der Waals surface area contributed by atoms with Crippen molar-refractivity contribution in [2.75, 3.05) is 0 Å². The van der Waals surface area contributed by atoms with Crippen molar-refractivity contribution in [2.24, 2.45) is 0 Å². The first kappa shape index (κ1) is 23.3. The molecule has 0 amide bonds. The second kappa shape index (κ2) is 10.7. The number of rotatable bonds is 4. The minimum absolute atomic E-state index is 0.0268. The molecule has 0 aliphatic carbocycles. The number of hydrogen-bond donors (Lipinski definition) is 0. The summed E-state index contributed by atoms with van der Waals surface area (Å²) < 4.78 is 57.6. The van der Waals surface area contributed by atoms with E-state index < -0.39 is 30.2 Å². The molecular weight excluding hydrogens is 629 g/mol. The summed E-state index contributed by atoms with van der Waals surface area (Å²) in [7, 11) is 0. The van der Waals surface area contributed by atoms with E-state index in [1.54, 1.807) is 0 Å². The summed E-state index contributed by atoms with van der Waals surface area (Å²) >= 11 is 0.